The Morgan fingerprint density at radius 2 is 1.00 bits per heavy atom. The minimum absolute atomic E-state index is 0.0729. The van der Waals surface area contributed by atoms with E-state index in [0.717, 1.165) is 25.7 Å². The average molecular weight is 706 g/mol. The maximum Gasteiger partial charge on any atom is 0.660 e. The van der Waals surface area contributed by atoms with Crippen LogP contribution in [0.1, 0.15) is 124 Å². The van der Waals surface area contributed by atoms with Crippen molar-refractivity contribution in [1.82, 2.24) is 4.90 Å². The zero-order chi connectivity index (χ0) is 33.7. The standard InChI is InChI=1S/C26H59NO13Si4/c1-5-7-8-9-10-11-12-13-14-15-16-17-18-19-20-21-22-27(6-2)23-41(29,30)38-43(33,34)40-44(35,36)39-42(31,32)24-37-26(28)25(3)4/h29-36H,3,5-24H2,1-2,4H3. The molecular weight excluding hydrogens is 647 g/mol. The summed E-state index contributed by atoms with van der Waals surface area (Å²) in [6.45, 7) is 9.53. The van der Waals surface area contributed by atoms with E-state index in [2.05, 4.69) is 30.6 Å². The minimum atomic E-state index is -5.71. The maximum absolute atomic E-state index is 11.4. The molecule has 0 bridgehead atoms. The van der Waals surface area contributed by atoms with Crippen molar-refractivity contribution in [3.05, 3.63) is 12.2 Å². The number of ether oxygens (including phenoxy) is 1. The number of nitrogens with zero attached hydrogens (tertiary/aromatic N) is 1. The summed E-state index contributed by atoms with van der Waals surface area (Å²) in [6.07, 6.45) is 18.1. The molecule has 14 nitrogen and oxygen atoms in total. The molecule has 8 N–H and O–H groups in total. The molecule has 0 spiro atoms. The molecule has 0 unspecified atom stereocenters. The van der Waals surface area contributed by atoms with Crippen LogP contribution in [0.15, 0.2) is 12.2 Å². The van der Waals surface area contributed by atoms with Crippen molar-refractivity contribution in [2.24, 2.45) is 0 Å². The Morgan fingerprint density at radius 3 is 1.39 bits per heavy atom. The molecule has 44 heavy (non-hydrogen) atoms. The lowest BCUT2D eigenvalue weighted by atomic mass is 10.0. The van der Waals surface area contributed by atoms with Gasteiger partial charge in [0.1, 0.15) is 0 Å². The van der Waals surface area contributed by atoms with E-state index < -0.39 is 54.1 Å². The fraction of sp³-hybridized carbons (Fsp3) is 0.885. The summed E-state index contributed by atoms with van der Waals surface area (Å²) in [5.41, 5.74) is -0.0729. The van der Waals surface area contributed by atoms with E-state index in [0.29, 0.717) is 13.1 Å². The predicted octanol–water partition coefficient (Wildman–Crippen LogP) is 1.50. The number of carbonyl (C=O) groups excluding carboxylic acids is 1. The second-order valence-corrected chi connectivity index (χ2v) is 19.6. The van der Waals surface area contributed by atoms with Gasteiger partial charge in [0.2, 0.25) is 0 Å². The van der Waals surface area contributed by atoms with Crippen LogP contribution in [0.3, 0.4) is 0 Å². The fourth-order valence-electron chi connectivity index (χ4n) is 4.51. The second-order valence-electron chi connectivity index (χ2n) is 11.4. The van der Waals surface area contributed by atoms with Crippen LogP contribution < -0.4 is 0 Å². The number of hydrogen-bond donors (Lipinski definition) is 8. The molecule has 0 aromatic heterocycles. The first-order valence-corrected chi connectivity index (χ1v) is 23.3. The highest BCUT2D eigenvalue weighted by Crippen LogP contribution is 2.17. The SMILES string of the molecule is C=C(C)C(=O)OC[Si](O)(O)O[Si](O)(O)O[Si](O)(O)O[Si](O)(O)CN(CC)CCCCCCCCCCCCCCCCCC. The van der Waals surface area contributed by atoms with Gasteiger partial charge < -0.3 is 55.4 Å². The van der Waals surface area contributed by atoms with Gasteiger partial charge in [-0.3, -0.25) is 4.90 Å². The third-order valence-electron chi connectivity index (χ3n) is 6.80. The summed E-state index contributed by atoms with van der Waals surface area (Å²) in [5, 5.41) is 0. The lowest BCUT2D eigenvalue weighted by Gasteiger charge is -2.32. The number of unbranched alkanes of at least 4 members (excludes halogenated alkanes) is 15. The van der Waals surface area contributed by atoms with Gasteiger partial charge in [-0.05, 0) is 26.4 Å². The molecule has 0 aromatic rings. The van der Waals surface area contributed by atoms with Crippen LogP contribution in [0, 0.1) is 0 Å². The van der Waals surface area contributed by atoms with Gasteiger partial charge in [-0.1, -0.05) is 117 Å². The third-order valence-corrected chi connectivity index (χ3v) is 15.1. The largest absolute Gasteiger partial charge is 0.660 e. The first kappa shape index (κ1) is 43.6. The first-order chi connectivity index (χ1) is 20.4. The van der Waals surface area contributed by atoms with Crippen LogP contribution in [-0.2, 0) is 21.9 Å². The van der Waals surface area contributed by atoms with Gasteiger partial charge in [-0.2, -0.15) is 0 Å². The van der Waals surface area contributed by atoms with Gasteiger partial charge >= 0.3 is 41.7 Å². The lowest BCUT2D eigenvalue weighted by Crippen LogP contribution is -2.66. The van der Waals surface area contributed by atoms with Crippen molar-refractivity contribution in [2.75, 3.05) is 25.5 Å². The van der Waals surface area contributed by atoms with Crippen LogP contribution in [0.4, 0.5) is 0 Å². The summed E-state index contributed by atoms with van der Waals surface area (Å²) >= 11 is 0. The maximum atomic E-state index is 11.4. The van der Waals surface area contributed by atoms with E-state index in [4.69, 9.17) is 0 Å². The molecule has 0 amide bonds. The summed E-state index contributed by atoms with van der Waals surface area (Å²) in [7, 11) is -21.3. The average Bonchev–Trinajstić information content (AvgIpc) is 2.88. The van der Waals surface area contributed by atoms with Crippen molar-refractivity contribution in [1.29, 1.82) is 0 Å². The molecule has 0 rings (SSSR count). The van der Waals surface area contributed by atoms with E-state index in [1.54, 1.807) is 11.8 Å². The van der Waals surface area contributed by atoms with Crippen LogP contribution in [0.25, 0.3) is 0 Å². The summed E-state index contributed by atoms with van der Waals surface area (Å²) in [6, 6.07) is 0. The fourth-order valence-corrected chi connectivity index (χ4v) is 12.2. The zero-order valence-corrected chi connectivity index (χ0v) is 30.9. The van der Waals surface area contributed by atoms with E-state index in [-0.39, 0.29) is 5.57 Å². The highest BCUT2D eigenvalue weighted by atomic mass is 28.5. The van der Waals surface area contributed by atoms with Gasteiger partial charge in [0.25, 0.3) is 0 Å². The van der Waals surface area contributed by atoms with E-state index in [1.807, 2.05) is 0 Å². The second kappa shape index (κ2) is 23.0. The highest BCUT2D eigenvalue weighted by molar-refractivity contribution is 6.77. The van der Waals surface area contributed by atoms with Gasteiger partial charge in [-0.25, -0.2) is 4.79 Å². The van der Waals surface area contributed by atoms with Crippen LogP contribution in [-0.4, -0.2) is 110 Å². The Kier molecular flexibility index (Phi) is 22.8. The molecule has 0 saturated carbocycles. The minimum Gasteiger partial charge on any atom is -0.458 e. The molecule has 0 aliphatic carbocycles. The molecule has 0 saturated heterocycles. The van der Waals surface area contributed by atoms with E-state index in [9.17, 15) is 43.2 Å². The number of esters is 1. The number of carbonyl (C=O) groups is 1. The zero-order valence-electron chi connectivity index (χ0n) is 26.9. The van der Waals surface area contributed by atoms with Gasteiger partial charge in [0.05, 0.1) is 6.17 Å². The normalized spacial score (nSPS) is 13.1. The van der Waals surface area contributed by atoms with Crippen molar-refractivity contribution in [3.63, 3.8) is 0 Å². The summed E-state index contributed by atoms with van der Waals surface area (Å²) < 4.78 is 17.7. The van der Waals surface area contributed by atoms with Crippen molar-refractivity contribution >= 4 is 41.7 Å². The number of rotatable bonds is 29. The Balaban J connectivity index is 4.28. The van der Waals surface area contributed by atoms with Crippen molar-refractivity contribution in [2.45, 2.75) is 124 Å². The molecule has 18 heteroatoms. The van der Waals surface area contributed by atoms with Crippen molar-refractivity contribution in [3.8, 4) is 0 Å². The molecule has 0 aliphatic heterocycles. The summed E-state index contributed by atoms with van der Waals surface area (Å²) in [5.74, 6) is -1.01. The Bertz CT molecular complexity index is 791. The van der Waals surface area contributed by atoms with Gasteiger partial charge in [0.15, 0.2) is 6.23 Å². The van der Waals surface area contributed by atoms with Gasteiger partial charge in [-0.15, -0.1) is 0 Å². The first-order valence-electron chi connectivity index (χ1n) is 15.9. The monoisotopic (exact) mass is 705 g/mol. The lowest BCUT2D eigenvalue weighted by molar-refractivity contribution is -0.138. The van der Waals surface area contributed by atoms with E-state index >= 15 is 0 Å². The molecule has 0 heterocycles. The smallest absolute Gasteiger partial charge is 0.458 e. The van der Waals surface area contributed by atoms with Crippen LogP contribution in [0.2, 0.25) is 0 Å². The molecule has 0 aromatic carbocycles. The molecule has 0 atom stereocenters. The van der Waals surface area contributed by atoms with Crippen molar-refractivity contribution < 1.29 is 60.2 Å². The molecule has 0 aliphatic rings. The highest BCUT2D eigenvalue weighted by Gasteiger charge is 2.59. The Hall–Kier alpha value is -0.402. The summed E-state index contributed by atoms with van der Waals surface area (Å²) in [4.78, 5) is 93.1. The predicted molar refractivity (Wildman–Crippen MR) is 171 cm³/mol. The molecule has 0 radical (unpaired) electrons. The molecule has 0 fully saturated rings. The Morgan fingerprint density at radius 1 is 0.614 bits per heavy atom. The molecular formula is C26H59NO13Si4. The molecule has 262 valence electrons. The Labute approximate surface area is 267 Å². The topological polar surface area (TPSA) is 219 Å². The van der Waals surface area contributed by atoms with E-state index in [1.165, 1.54) is 84.0 Å². The van der Waals surface area contributed by atoms with Crippen LogP contribution >= 0.6 is 0 Å². The third kappa shape index (κ3) is 24.8. The van der Waals surface area contributed by atoms with Crippen LogP contribution in [0.5, 0.6) is 0 Å². The number of hydrogen-bond acceptors (Lipinski definition) is 14. The van der Waals surface area contributed by atoms with Gasteiger partial charge in [0, 0.05) is 5.57 Å². The quantitative estimate of drug-likeness (QED) is 0.0240.